The lowest BCUT2D eigenvalue weighted by Gasteiger charge is -2.18. The van der Waals surface area contributed by atoms with Gasteiger partial charge in [-0.3, -0.25) is 4.79 Å². The molecule has 3 N–H and O–H groups in total. The van der Waals surface area contributed by atoms with Crippen molar-refractivity contribution in [3.05, 3.63) is 0 Å². The van der Waals surface area contributed by atoms with Gasteiger partial charge in [0.15, 0.2) is 0 Å². The third-order valence-corrected chi connectivity index (χ3v) is 2.08. The Bertz CT molecular complexity index is 142. The van der Waals surface area contributed by atoms with Gasteiger partial charge in [0.2, 0.25) is 5.91 Å². The average Bonchev–Trinajstić information content (AvgIpc) is 1.96. The van der Waals surface area contributed by atoms with Gasteiger partial charge in [-0.1, -0.05) is 6.92 Å². The van der Waals surface area contributed by atoms with Crippen molar-refractivity contribution in [3.63, 3.8) is 0 Å². The van der Waals surface area contributed by atoms with E-state index >= 15 is 0 Å². The largest absolute Gasteiger partial charge is 0.354 e. The van der Waals surface area contributed by atoms with E-state index in [4.69, 9.17) is 5.73 Å². The summed E-state index contributed by atoms with van der Waals surface area (Å²) in [6.07, 6.45) is 0. The Balaban J connectivity index is 2.78. The van der Waals surface area contributed by atoms with Gasteiger partial charge in [-0.15, -0.1) is 0 Å². The third-order valence-electron chi connectivity index (χ3n) is 2.08. The van der Waals surface area contributed by atoms with Crippen molar-refractivity contribution in [2.24, 2.45) is 11.7 Å². The number of carbonyl (C=O) groups is 1. The molecule has 0 aromatic carbocycles. The molecular formula is C6H12N2O. The fraction of sp³-hybridized carbons (Fsp3) is 0.833. The molecule has 3 heteroatoms. The summed E-state index contributed by atoms with van der Waals surface area (Å²) in [5.74, 6) is 0.222. The van der Waals surface area contributed by atoms with E-state index in [0.717, 1.165) is 0 Å². The van der Waals surface area contributed by atoms with Crippen LogP contribution in [-0.2, 0) is 4.79 Å². The van der Waals surface area contributed by atoms with Gasteiger partial charge in [0.05, 0.1) is 5.54 Å². The van der Waals surface area contributed by atoms with Crippen LogP contribution >= 0.6 is 0 Å². The van der Waals surface area contributed by atoms with Gasteiger partial charge in [-0.2, -0.15) is 0 Å². The monoisotopic (exact) mass is 128 g/mol. The van der Waals surface area contributed by atoms with Crippen LogP contribution in [0.5, 0.6) is 0 Å². The van der Waals surface area contributed by atoms with Crippen LogP contribution in [0.25, 0.3) is 0 Å². The van der Waals surface area contributed by atoms with Gasteiger partial charge in [-0.05, 0) is 6.92 Å². The fourth-order valence-electron chi connectivity index (χ4n) is 0.872. The van der Waals surface area contributed by atoms with Crippen molar-refractivity contribution in [1.82, 2.24) is 5.32 Å². The Labute approximate surface area is 54.6 Å². The Hall–Kier alpha value is -0.570. The number of nitrogens with two attached hydrogens (primary N) is 1. The molecule has 0 aromatic heterocycles. The second kappa shape index (κ2) is 1.70. The molecule has 1 rings (SSSR count). The first-order valence-corrected chi connectivity index (χ1v) is 3.12. The van der Waals surface area contributed by atoms with E-state index in [1.54, 1.807) is 6.92 Å². The molecule has 1 heterocycles. The molecule has 1 amide bonds. The normalized spacial score (nSPS) is 43.0. The summed E-state index contributed by atoms with van der Waals surface area (Å²) in [6.45, 7) is 4.45. The van der Waals surface area contributed by atoms with Crippen molar-refractivity contribution in [2.75, 3.05) is 6.54 Å². The lowest BCUT2D eigenvalue weighted by Crippen LogP contribution is -2.47. The second-order valence-corrected chi connectivity index (χ2v) is 2.89. The number of hydrogen-bond acceptors (Lipinski definition) is 2. The van der Waals surface area contributed by atoms with Crippen LogP contribution in [0.1, 0.15) is 13.8 Å². The molecule has 1 fully saturated rings. The van der Waals surface area contributed by atoms with Crippen LogP contribution in [-0.4, -0.2) is 18.0 Å². The maximum absolute atomic E-state index is 10.9. The highest BCUT2D eigenvalue weighted by molar-refractivity contribution is 5.88. The minimum absolute atomic E-state index is 0.0324. The highest BCUT2D eigenvalue weighted by Crippen LogP contribution is 2.18. The van der Waals surface area contributed by atoms with E-state index in [2.05, 4.69) is 5.32 Å². The van der Waals surface area contributed by atoms with Crippen molar-refractivity contribution in [1.29, 1.82) is 0 Å². The SMILES string of the molecule is C[C@@H]1CNC(=O)[C@]1(C)N. The van der Waals surface area contributed by atoms with E-state index in [0.29, 0.717) is 6.54 Å². The molecule has 9 heavy (non-hydrogen) atoms. The summed E-state index contributed by atoms with van der Waals surface area (Å²) >= 11 is 0. The highest BCUT2D eigenvalue weighted by atomic mass is 16.2. The third kappa shape index (κ3) is 0.812. The zero-order valence-electron chi connectivity index (χ0n) is 5.77. The first-order valence-electron chi connectivity index (χ1n) is 3.12. The number of nitrogens with one attached hydrogen (secondary N) is 1. The Morgan fingerprint density at radius 2 is 2.44 bits per heavy atom. The molecule has 2 atom stereocenters. The van der Waals surface area contributed by atoms with Crippen molar-refractivity contribution in [3.8, 4) is 0 Å². The minimum atomic E-state index is -0.639. The number of amides is 1. The molecule has 0 unspecified atom stereocenters. The summed E-state index contributed by atoms with van der Waals surface area (Å²) in [7, 11) is 0. The van der Waals surface area contributed by atoms with Crippen LogP contribution < -0.4 is 11.1 Å². The zero-order valence-corrected chi connectivity index (χ0v) is 5.77. The van der Waals surface area contributed by atoms with Gasteiger partial charge in [0.25, 0.3) is 0 Å². The van der Waals surface area contributed by atoms with E-state index in [1.165, 1.54) is 0 Å². The molecule has 0 aromatic rings. The van der Waals surface area contributed by atoms with Gasteiger partial charge in [0.1, 0.15) is 0 Å². The summed E-state index contributed by atoms with van der Waals surface area (Å²) in [4.78, 5) is 10.9. The summed E-state index contributed by atoms with van der Waals surface area (Å²) in [5.41, 5.74) is 5.01. The molecule has 0 bridgehead atoms. The summed E-state index contributed by atoms with van der Waals surface area (Å²) in [6, 6.07) is 0. The molecule has 3 nitrogen and oxygen atoms in total. The van der Waals surface area contributed by atoms with Crippen molar-refractivity contribution < 1.29 is 4.79 Å². The van der Waals surface area contributed by atoms with E-state index in [1.807, 2.05) is 6.92 Å². The molecular weight excluding hydrogens is 116 g/mol. The minimum Gasteiger partial charge on any atom is -0.354 e. The molecule has 0 aliphatic carbocycles. The van der Waals surface area contributed by atoms with Gasteiger partial charge in [0, 0.05) is 12.5 Å². The van der Waals surface area contributed by atoms with Crippen LogP contribution in [0.4, 0.5) is 0 Å². The lowest BCUT2D eigenvalue weighted by molar-refractivity contribution is -0.123. The van der Waals surface area contributed by atoms with Crippen LogP contribution in [0, 0.1) is 5.92 Å². The Morgan fingerprint density at radius 1 is 1.89 bits per heavy atom. The van der Waals surface area contributed by atoms with E-state index < -0.39 is 5.54 Å². The van der Waals surface area contributed by atoms with E-state index in [9.17, 15) is 4.79 Å². The standard InChI is InChI=1S/C6H12N2O/c1-4-3-8-5(9)6(4,2)7/h4H,3,7H2,1-2H3,(H,8,9)/t4-,6-/m1/s1. The predicted octanol–water partition coefficient (Wildman–Crippen LogP) is -0.530. The molecule has 52 valence electrons. The molecule has 0 saturated carbocycles. The maximum Gasteiger partial charge on any atom is 0.240 e. The zero-order chi connectivity index (χ0) is 7.07. The van der Waals surface area contributed by atoms with Crippen molar-refractivity contribution in [2.45, 2.75) is 19.4 Å². The molecule has 1 saturated heterocycles. The quantitative estimate of drug-likeness (QED) is 0.461. The average molecular weight is 128 g/mol. The summed E-state index contributed by atoms with van der Waals surface area (Å²) < 4.78 is 0. The van der Waals surface area contributed by atoms with Crippen LogP contribution in [0.2, 0.25) is 0 Å². The highest BCUT2D eigenvalue weighted by Gasteiger charge is 2.39. The first-order chi connectivity index (χ1) is 4.05. The van der Waals surface area contributed by atoms with E-state index in [-0.39, 0.29) is 11.8 Å². The van der Waals surface area contributed by atoms with Crippen LogP contribution in [0.15, 0.2) is 0 Å². The number of hydrogen-bond donors (Lipinski definition) is 2. The number of rotatable bonds is 0. The molecule has 0 spiro atoms. The fourth-order valence-corrected chi connectivity index (χ4v) is 0.872. The molecule has 1 aliphatic heterocycles. The van der Waals surface area contributed by atoms with Crippen LogP contribution in [0.3, 0.4) is 0 Å². The Kier molecular flexibility index (Phi) is 1.24. The second-order valence-electron chi connectivity index (χ2n) is 2.89. The summed E-state index contributed by atoms with van der Waals surface area (Å²) in [5, 5.41) is 2.70. The maximum atomic E-state index is 10.9. The topological polar surface area (TPSA) is 55.1 Å². The predicted molar refractivity (Wildman–Crippen MR) is 34.8 cm³/mol. The smallest absolute Gasteiger partial charge is 0.240 e. The molecule has 0 radical (unpaired) electrons. The van der Waals surface area contributed by atoms with Gasteiger partial charge in [-0.25, -0.2) is 0 Å². The van der Waals surface area contributed by atoms with Gasteiger partial charge < -0.3 is 11.1 Å². The van der Waals surface area contributed by atoms with Crippen molar-refractivity contribution >= 4 is 5.91 Å². The Morgan fingerprint density at radius 3 is 2.56 bits per heavy atom. The molecule has 1 aliphatic rings. The first kappa shape index (κ1) is 6.55. The number of carbonyl (C=O) groups excluding carboxylic acids is 1. The van der Waals surface area contributed by atoms with Gasteiger partial charge >= 0.3 is 0 Å². The lowest BCUT2D eigenvalue weighted by atomic mass is 9.92.